The fourth-order valence-corrected chi connectivity index (χ4v) is 3.95. The van der Waals surface area contributed by atoms with Gasteiger partial charge in [-0.15, -0.1) is 0 Å². The zero-order valence-electron chi connectivity index (χ0n) is 18.2. The van der Waals surface area contributed by atoms with Gasteiger partial charge in [-0.25, -0.2) is 4.98 Å². The molecule has 0 saturated carbocycles. The molecule has 0 spiro atoms. The summed E-state index contributed by atoms with van der Waals surface area (Å²) in [5.74, 6) is 1.53. The highest BCUT2D eigenvalue weighted by molar-refractivity contribution is 5.77. The lowest BCUT2D eigenvalue weighted by Gasteiger charge is -2.35. The molecule has 31 heavy (non-hydrogen) atoms. The Morgan fingerprint density at radius 2 is 1.84 bits per heavy atom. The molecule has 4 rings (SSSR count). The van der Waals surface area contributed by atoms with Crippen molar-refractivity contribution in [1.82, 2.24) is 19.8 Å². The van der Waals surface area contributed by atoms with Crippen LogP contribution >= 0.6 is 0 Å². The fourth-order valence-electron chi connectivity index (χ4n) is 3.95. The summed E-state index contributed by atoms with van der Waals surface area (Å²) in [6.45, 7) is 8.98. The Morgan fingerprint density at radius 1 is 1.10 bits per heavy atom. The van der Waals surface area contributed by atoms with Crippen LogP contribution in [0.2, 0.25) is 0 Å². The van der Waals surface area contributed by atoms with Gasteiger partial charge in [-0.2, -0.15) is 0 Å². The first-order valence-corrected chi connectivity index (χ1v) is 10.8. The number of aliphatic hydroxyl groups excluding tert-OH is 1. The molecule has 2 N–H and O–H groups in total. The van der Waals surface area contributed by atoms with Crippen LogP contribution in [0.5, 0.6) is 5.75 Å². The van der Waals surface area contributed by atoms with Crippen molar-refractivity contribution in [3.63, 3.8) is 0 Å². The molecule has 1 fully saturated rings. The summed E-state index contributed by atoms with van der Waals surface area (Å²) in [7, 11) is 0. The number of hydrogen-bond donors (Lipinski definition) is 2. The maximum absolute atomic E-state index is 12.3. The standard InChI is InChI=1S/C24H30N4O3/c1-17-7-8-18(2)22(13-17)31-16-19(29)14-27-9-11-28(12-10-27)15-23-25-21-6-4-3-5-20(21)24(30)26-23/h3-8,13,19,29H,9-12,14-16H2,1-2H3,(H,25,26,30)/t19-/m1/s1. The van der Waals surface area contributed by atoms with E-state index in [0.717, 1.165) is 48.6 Å². The minimum Gasteiger partial charge on any atom is -0.491 e. The summed E-state index contributed by atoms with van der Waals surface area (Å²) >= 11 is 0. The number of ether oxygens (including phenoxy) is 1. The molecule has 7 heteroatoms. The molecular weight excluding hydrogens is 392 g/mol. The summed E-state index contributed by atoms with van der Waals surface area (Å²) in [6.07, 6.45) is -0.537. The number of aryl methyl sites for hydroxylation is 2. The van der Waals surface area contributed by atoms with Crippen molar-refractivity contribution in [2.24, 2.45) is 0 Å². The SMILES string of the molecule is Cc1ccc(C)c(OC[C@H](O)CN2CCN(Cc3nc4ccccc4c(=O)[nH]3)CC2)c1. The number of fused-ring (bicyclic) bond motifs is 1. The van der Waals surface area contributed by atoms with Crippen molar-refractivity contribution in [2.75, 3.05) is 39.3 Å². The fraction of sp³-hybridized carbons (Fsp3) is 0.417. The lowest BCUT2D eigenvalue weighted by Crippen LogP contribution is -2.49. The number of benzene rings is 2. The smallest absolute Gasteiger partial charge is 0.258 e. The molecule has 1 saturated heterocycles. The molecule has 0 bridgehead atoms. The van der Waals surface area contributed by atoms with Crippen LogP contribution in [0.15, 0.2) is 47.3 Å². The lowest BCUT2D eigenvalue weighted by molar-refractivity contribution is 0.0440. The molecule has 164 valence electrons. The molecular formula is C24H30N4O3. The van der Waals surface area contributed by atoms with Crippen molar-refractivity contribution in [3.05, 3.63) is 69.8 Å². The second-order valence-corrected chi connectivity index (χ2v) is 8.34. The van der Waals surface area contributed by atoms with E-state index in [-0.39, 0.29) is 12.2 Å². The molecule has 0 radical (unpaired) electrons. The highest BCUT2D eigenvalue weighted by atomic mass is 16.5. The first kappa shape index (κ1) is 21.5. The minimum absolute atomic E-state index is 0.0915. The van der Waals surface area contributed by atoms with E-state index in [1.54, 1.807) is 6.07 Å². The van der Waals surface area contributed by atoms with E-state index in [4.69, 9.17) is 4.74 Å². The second kappa shape index (κ2) is 9.60. The van der Waals surface area contributed by atoms with E-state index >= 15 is 0 Å². The third-order valence-corrected chi connectivity index (χ3v) is 5.74. The first-order chi connectivity index (χ1) is 15.0. The number of H-pyrrole nitrogens is 1. The number of β-amino-alcohol motifs (C(OH)–C–C–N with tert-alkyl or cyclic N) is 1. The molecule has 3 aromatic rings. The van der Waals surface area contributed by atoms with Crippen molar-refractivity contribution in [3.8, 4) is 5.75 Å². The number of piperazine rings is 1. The normalized spacial score (nSPS) is 16.5. The zero-order valence-corrected chi connectivity index (χ0v) is 18.2. The number of para-hydroxylation sites is 1. The van der Waals surface area contributed by atoms with Crippen LogP contribution in [0.25, 0.3) is 10.9 Å². The van der Waals surface area contributed by atoms with Gasteiger partial charge in [-0.05, 0) is 43.2 Å². The Balaban J connectivity index is 1.25. The maximum Gasteiger partial charge on any atom is 0.258 e. The van der Waals surface area contributed by atoms with Gasteiger partial charge in [0.15, 0.2) is 0 Å². The zero-order chi connectivity index (χ0) is 21.8. The van der Waals surface area contributed by atoms with Gasteiger partial charge in [0.05, 0.1) is 17.4 Å². The molecule has 1 aliphatic rings. The number of nitrogens with zero attached hydrogens (tertiary/aromatic N) is 3. The van der Waals surface area contributed by atoms with E-state index in [9.17, 15) is 9.90 Å². The van der Waals surface area contributed by atoms with Crippen molar-refractivity contribution in [2.45, 2.75) is 26.5 Å². The van der Waals surface area contributed by atoms with Gasteiger partial charge in [0.25, 0.3) is 5.56 Å². The molecule has 0 aliphatic carbocycles. The van der Waals surface area contributed by atoms with Crippen molar-refractivity contribution >= 4 is 10.9 Å². The van der Waals surface area contributed by atoms with Gasteiger partial charge in [-0.3, -0.25) is 14.6 Å². The summed E-state index contributed by atoms with van der Waals surface area (Å²) in [4.78, 5) is 24.3. The van der Waals surface area contributed by atoms with E-state index in [1.807, 2.05) is 44.2 Å². The maximum atomic E-state index is 12.3. The van der Waals surface area contributed by atoms with Gasteiger partial charge in [0, 0.05) is 32.7 Å². The molecule has 0 unspecified atom stereocenters. The highest BCUT2D eigenvalue weighted by Gasteiger charge is 2.20. The summed E-state index contributed by atoms with van der Waals surface area (Å²) < 4.78 is 5.84. The van der Waals surface area contributed by atoms with Crippen LogP contribution < -0.4 is 10.3 Å². The molecule has 2 heterocycles. The van der Waals surface area contributed by atoms with Gasteiger partial charge < -0.3 is 14.8 Å². The van der Waals surface area contributed by atoms with Crippen LogP contribution in [0, 0.1) is 13.8 Å². The lowest BCUT2D eigenvalue weighted by atomic mass is 10.1. The predicted molar refractivity (Wildman–Crippen MR) is 121 cm³/mol. The molecule has 1 atom stereocenters. The summed E-state index contributed by atoms with van der Waals surface area (Å²) in [5.41, 5.74) is 2.86. The predicted octanol–water partition coefficient (Wildman–Crippen LogP) is 2.10. The summed E-state index contributed by atoms with van der Waals surface area (Å²) in [6, 6.07) is 13.5. The largest absolute Gasteiger partial charge is 0.491 e. The first-order valence-electron chi connectivity index (χ1n) is 10.8. The summed E-state index contributed by atoms with van der Waals surface area (Å²) in [5, 5.41) is 11.0. The van der Waals surface area contributed by atoms with Crippen LogP contribution in [0.3, 0.4) is 0 Å². The number of hydrogen-bond acceptors (Lipinski definition) is 6. The third kappa shape index (κ3) is 5.50. The monoisotopic (exact) mass is 422 g/mol. The Morgan fingerprint density at radius 3 is 2.65 bits per heavy atom. The number of rotatable bonds is 7. The van der Waals surface area contributed by atoms with Gasteiger partial charge >= 0.3 is 0 Å². The van der Waals surface area contributed by atoms with Crippen LogP contribution in [-0.2, 0) is 6.54 Å². The average Bonchev–Trinajstić information content (AvgIpc) is 2.76. The van der Waals surface area contributed by atoms with Gasteiger partial charge in [-0.1, -0.05) is 24.3 Å². The Kier molecular flexibility index (Phi) is 6.65. The third-order valence-electron chi connectivity index (χ3n) is 5.74. The molecule has 0 amide bonds. The number of nitrogens with one attached hydrogen (secondary N) is 1. The number of aliphatic hydroxyl groups is 1. The number of aromatic nitrogens is 2. The van der Waals surface area contributed by atoms with E-state index in [0.29, 0.717) is 24.3 Å². The Hall–Kier alpha value is -2.74. The Bertz CT molecular complexity index is 1090. The minimum atomic E-state index is -0.537. The number of aromatic amines is 1. The molecule has 1 aliphatic heterocycles. The Labute approximate surface area is 182 Å². The van der Waals surface area contributed by atoms with Crippen molar-refractivity contribution in [1.29, 1.82) is 0 Å². The van der Waals surface area contributed by atoms with E-state index in [2.05, 4.69) is 25.8 Å². The van der Waals surface area contributed by atoms with Gasteiger partial charge in [0.1, 0.15) is 24.3 Å². The van der Waals surface area contributed by atoms with Crippen molar-refractivity contribution < 1.29 is 9.84 Å². The highest BCUT2D eigenvalue weighted by Crippen LogP contribution is 2.19. The van der Waals surface area contributed by atoms with Crippen LogP contribution in [0.1, 0.15) is 17.0 Å². The molecule has 7 nitrogen and oxygen atoms in total. The average molecular weight is 423 g/mol. The quantitative estimate of drug-likeness (QED) is 0.607. The van der Waals surface area contributed by atoms with E-state index < -0.39 is 6.10 Å². The molecule has 2 aromatic carbocycles. The second-order valence-electron chi connectivity index (χ2n) is 8.34. The van der Waals surface area contributed by atoms with Gasteiger partial charge in [0.2, 0.25) is 0 Å². The van der Waals surface area contributed by atoms with Crippen LogP contribution in [-0.4, -0.2) is 70.3 Å². The molecule has 1 aromatic heterocycles. The van der Waals surface area contributed by atoms with Crippen LogP contribution in [0.4, 0.5) is 0 Å². The topological polar surface area (TPSA) is 81.7 Å². The van der Waals surface area contributed by atoms with E-state index in [1.165, 1.54) is 0 Å².